The maximum atomic E-state index is 12.4. The van der Waals surface area contributed by atoms with Gasteiger partial charge in [0.05, 0.1) is 0 Å². The molecule has 4 heteroatoms. The Morgan fingerprint density at radius 2 is 1.52 bits per heavy atom. The summed E-state index contributed by atoms with van der Waals surface area (Å²) in [6, 6.07) is 16.6. The van der Waals surface area contributed by atoms with Gasteiger partial charge < -0.3 is 4.74 Å². The summed E-state index contributed by atoms with van der Waals surface area (Å²) < 4.78 is 5.01. The number of esters is 1. The van der Waals surface area contributed by atoms with Crippen molar-refractivity contribution < 1.29 is 14.3 Å². The highest BCUT2D eigenvalue weighted by molar-refractivity contribution is 6.08. The van der Waals surface area contributed by atoms with Crippen LogP contribution >= 0.6 is 0 Å². The summed E-state index contributed by atoms with van der Waals surface area (Å²) in [5, 5.41) is 0. The molecule has 0 spiro atoms. The lowest BCUT2D eigenvalue weighted by Gasteiger charge is -2.11. The monoisotopic (exact) mass is 337 g/mol. The first-order valence-electron chi connectivity index (χ1n) is 8.20. The molecule has 0 amide bonds. The van der Waals surface area contributed by atoms with Crippen LogP contribution < -0.4 is 5.73 Å². The average molecular weight is 337 g/mol. The van der Waals surface area contributed by atoms with Crippen molar-refractivity contribution in [3.63, 3.8) is 0 Å². The van der Waals surface area contributed by atoms with E-state index in [0.717, 1.165) is 11.1 Å². The highest BCUT2D eigenvalue weighted by Crippen LogP contribution is 2.16. The van der Waals surface area contributed by atoms with Crippen LogP contribution in [0.2, 0.25) is 0 Å². The fourth-order valence-electron chi connectivity index (χ4n) is 2.40. The van der Waals surface area contributed by atoms with Crippen LogP contribution in [0.4, 0.5) is 0 Å². The van der Waals surface area contributed by atoms with Gasteiger partial charge in [-0.3, -0.25) is 10.5 Å². The highest BCUT2D eigenvalue weighted by atomic mass is 16.6. The molecule has 4 nitrogen and oxygen atoms in total. The molecule has 0 radical (unpaired) electrons. The summed E-state index contributed by atoms with van der Waals surface area (Å²) in [6.45, 7) is 5.23. The van der Waals surface area contributed by atoms with E-state index in [2.05, 4.69) is 0 Å². The van der Waals surface area contributed by atoms with Gasteiger partial charge in [-0.15, -0.1) is 0 Å². The summed E-state index contributed by atoms with van der Waals surface area (Å²) in [5.41, 5.74) is 9.28. The SMILES string of the molecule is CC(Cc1ccc(C(=O)c2ccccc2)cc1)=C(C)C(=O)OC(C)N. The highest BCUT2D eigenvalue weighted by Gasteiger charge is 2.12. The number of rotatable bonds is 6. The van der Waals surface area contributed by atoms with Gasteiger partial charge in [0.15, 0.2) is 5.78 Å². The Bertz CT molecular complexity index is 775. The van der Waals surface area contributed by atoms with Crippen molar-refractivity contribution in [2.75, 3.05) is 0 Å². The number of ether oxygens (including phenoxy) is 1. The smallest absolute Gasteiger partial charge is 0.335 e. The van der Waals surface area contributed by atoms with Crippen molar-refractivity contribution >= 4 is 11.8 Å². The molecule has 0 bridgehead atoms. The number of hydrogen-bond donors (Lipinski definition) is 1. The molecule has 2 N–H and O–H groups in total. The minimum absolute atomic E-state index is 0.00361. The van der Waals surface area contributed by atoms with Crippen LogP contribution in [0.1, 0.15) is 42.3 Å². The van der Waals surface area contributed by atoms with Crippen LogP contribution in [0.3, 0.4) is 0 Å². The number of benzene rings is 2. The average Bonchev–Trinajstić information content (AvgIpc) is 2.61. The largest absolute Gasteiger partial charge is 0.444 e. The third kappa shape index (κ3) is 5.13. The van der Waals surface area contributed by atoms with Crippen molar-refractivity contribution in [2.45, 2.75) is 33.4 Å². The van der Waals surface area contributed by atoms with E-state index in [1.807, 2.05) is 49.4 Å². The molecule has 1 atom stereocenters. The summed E-state index contributed by atoms with van der Waals surface area (Å²) in [6.07, 6.45) is -0.0156. The molecule has 0 fully saturated rings. The second kappa shape index (κ2) is 8.40. The molecule has 130 valence electrons. The maximum Gasteiger partial charge on any atom is 0.335 e. The molecule has 2 rings (SSSR count). The number of carbonyl (C=O) groups is 2. The van der Waals surface area contributed by atoms with Gasteiger partial charge in [-0.1, -0.05) is 60.2 Å². The predicted molar refractivity (Wildman–Crippen MR) is 98.1 cm³/mol. The van der Waals surface area contributed by atoms with Crippen LogP contribution in [-0.4, -0.2) is 18.0 Å². The van der Waals surface area contributed by atoms with E-state index in [-0.39, 0.29) is 5.78 Å². The van der Waals surface area contributed by atoms with E-state index in [1.165, 1.54) is 0 Å². The molecule has 25 heavy (non-hydrogen) atoms. The minimum atomic E-state index is -0.626. The summed E-state index contributed by atoms with van der Waals surface area (Å²) in [5.74, 6) is -0.403. The van der Waals surface area contributed by atoms with E-state index in [9.17, 15) is 9.59 Å². The fraction of sp³-hybridized carbons (Fsp3) is 0.238. The predicted octanol–water partition coefficient (Wildman–Crippen LogP) is 3.64. The van der Waals surface area contributed by atoms with Crippen LogP contribution in [0, 0.1) is 0 Å². The Labute approximate surface area is 148 Å². The molecule has 1 unspecified atom stereocenters. The molecule has 0 aromatic heterocycles. The Kier molecular flexibility index (Phi) is 6.25. The summed E-state index contributed by atoms with van der Waals surface area (Å²) in [7, 11) is 0. The molecule has 0 saturated carbocycles. The maximum absolute atomic E-state index is 12.4. The normalized spacial score (nSPS) is 13.0. The number of ketones is 1. The molecule has 2 aromatic carbocycles. The van der Waals surface area contributed by atoms with Crippen LogP contribution in [0.15, 0.2) is 65.7 Å². The van der Waals surface area contributed by atoms with Gasteiger partial charge in [-0.05, 0) is 32.8 Å². The van der Waals surface area contributed by atoms with Gasteiger partial charge in [0.25, 0.3) is 0 Å². The van der Waals surface area contributed by atoms with Gasteiger partial charge in [0.2, 0.25) is 0 Å². The molecule has 0 aliphatic rings. The third-order valence-corrected chi connectivity index (χ3v) is 3.96. The van der Waals surface area contributed by atoms with E-state index in [0.29, 0.717) is 23.1 Å². The first-order chi connectivity index (χ1) is 11.9. The van der Waals surface area contributed by atoms with E-state index >= 15 is 0 Å². The summed E-state index contributed by atoms with van der Waals surface area (Å²) in [4.78, 5) is 24.3. The van der Waals surface area contributed by atoms with E-state index < -0.39 is 12.2 Å². The van der Waals surface area contributed by atoms with E-state index in [1.54, 1.807) is 26.0 Å². The first-order valence-corrected chi connectivity index (χ1v) is 8.20. The second-order valence-corrected chi connectivity index (χ2v) is 6.08. The van der Waals surface area contributed by atoms with Gasteiger partial charge in [0.1, 0.15) is 6.23 Å². The van der Waals surface area contributed by atoms with Crippen molar-refractivity contribution in [2.24, 2.45) is 5.73 Å². The first kappa shape index (κ1) is 18.6. The number of carbonyl (C=O) groups excluding carboxylic acids is 2. The molecule has 0 saturated heterocycles. The van der Waals surface area contributed by atoms with Crippen molar-refractivity contribution in [3.8, 4) is 0 Å². The summed E-state index contributed by atoms with van der Waals surface area (Å²) >= 11 is 0. The minimum Gasteiger partial charge on any atom is -0.444 e. The topological polar surface area (TPSA) is 69.4 Å². The zero-order valence-electron chi connectivity index (χ0n) is 14.8. The Balaban J connectivity index is 2.10. The van der Waals surface area contributed by atoms with E-state index in [4.69, 9.17) is 10.5 Å². The molecule has 0 aliphatic carbocycles. The number of allylic oxidation sites excluding steroid dienone is 1. The molecule has 2 aromatic rings. The number of hydrogen-bond acceptors (Lipinski definition) is 4. The Morgan fingerprint density at radius 1 is 0.960 bits per heavy atom. The lowest BCUT2D eigenvalue weighted by Crippen LogP contribution is -2.24. The zero-order valence-corrected chi connectivity index (χ0v) is 14.8. The molecule has 0 heterocycles. The standard InChI is InChI=1S/C21H23NO3/c1-14(15(2)21(24)25-16(3)22)13-17-9-11-19(12-10-17)20(23)18-7-5-4-6-8-18/h4-12,16H,13,22H2,1-3H3. The van der Waals surface area contributed by atoms with Crippen LogP contribution in [-0.2, 0) is 16.0 Å². The van der Waals surface area contributed by atoms with Gasteiger partial charge in [-0.25, -0.2) is 4.79 Å². The Hall–Kier alpha value is -2.72. The van der Waals surface area contributed by atoms with Crippen molar-refractivity contribution in [1.82, 2.24) is 0 Å². The van der Waals surface area contributed by atoms with Gasteiger partial charge >= 0.3 is 5.97 Å². The number of nitrogens with two attached hydrogens (primary N) is 1. The molecule has 0 aliphatic heterocycles. The fourth-order valence-corrected chi connectivity index (χ4v) is 2.40. The van der Waals surface area contributed by atoms with Gasteiger partial charge in [0, 0.05) is 16.7 Å². The zero-order chi connectivity index (χ0) is 18.4. The molecular formula is C21H23NO3. The lowest BCUT2D eigenvalue weighted by molar-refractivity contribution is -0.143. The van der Waals surface area contributed by atoms with Crippen molar-refractivity contribution in [3.05, 3.63) is 82.4 Å². The van der Waals surface area contributed by atoms with Crippen LogP contribution in [0.5, 0.6) is 0 Å². The van der Waals surface area contributed by atoms with Crippen molar-refractivity contribution in [1.29, 1.82) is 0 Å². The lowest BCUT2D eigenvalue weighted by atomic mass is 9.98. The Morgan fingerprint density at radius 3 is 2.08 bits per heavy atom. The third-order valence-electron chi connectivity index (χ3n) is 3.96. The quantitative estimate of drug-likeness (QED) is 0.378. The second-order valence-electron chi connectivity index (χ2n) is 6.08. The van der Waals surface area contributed by atoms with Crippen LogP contribution in [0.25, 0.3) is 0 Å². The van der Waals surface area contributed by atoms with Gasteiger partial charge in [-0.2, -0.15) is 0 Å². The molecular weight excluding hydrogens is 314 g/mol.